The van der Waals surface area contributed by atoms with Crippen LogP contribution in [0.5, 0.6) is 5.75 Å². The SMILES string of the molecule is CCCC(=O)Nc1c(-c2ccc(OC)cc2)c(=O)c(C)nn1-c1ccc(C)c(C)c1. The molecule has 0 fully saturated rings. The summed E-state index contributed by atoms with van der Waals surface area (Å²) in [5.74, 6) is 0.906. The predicted molar refractivity (Wildman–Crippen MR) is 120 cm³/mol. The molecule has 0 bridgehead atoms. The Kier molecular flexibility index (Phi) is 6.35. The smallest absolute Gasteiger partial charge is 0.225 e. The normalized spacial score (nSPS) is 10.7. The second-order valence-electron chi connectivity index (χ2n) is 7.35. The number of anilines is 1. The van der Waals surface area contributed by atoms with Crippen molar-refractivity contribution in [2.45, 2.75) is 40.5 Å². The molecule has 156 valence electrons. The Labute approximate surface area is 176 Å². The number of benzene rings is 2. The number of aryl methyl sites for hydroxylation is 3. The summed E-state index contributed by atoms with van der Waals surface area (Å²) in [5, 5.41) is 7.45. The van der Waals surface area contributed by atoms with E-state index in [-0.39, 0.29) is 11.3 Å². The van der Waals surface area contributed by atoms with Gasteiger partial charge in [-0.05, 0) is 68.1 Å². The van der Waals surface area contributed by atoms with Gasteiger partial charge in [0.15, 0.2) is 0 Å². The fourth-order valence-electron chi connectivity index (χ4n) is 3.25. The summed E-state index contributed by atoms with van der Waals surface area (Å²) in [7, 11) is 1.59. The highest BCUT2D eigenvalue weighted by atomic mass is 16.5. The van der Waals surface area contributed by atoms with Gasteiger partial charge in [0.25, 0.3) is 0 Å². The van der Waals surface area contributed by atoms with Crippen LogP contribution >= 0.6 is 0 Å². The fraction of sp³-hybridized carbons (Fsp3) is 0.292. The van der Waals surface area contributed by atoms with Crippen molar-refractivity contribution in [3.63, 3.8) is 0 Å². The highest BCUT2D eigenvalue weighted by Crippen LogP contribution is 2.29. The quantitative estimate of drug-likeness (QED) is 0.652. The van der Waals surface area contributed by atoms with Crippen molar-refractivity contribution in [3.8, 4) is 22.6 Å². The monoisotopic (exact) mass is 405 g/mol. The maximum atomic E-state index is 13.1. The Morgan fingerprint density at radius 2 is 1.77 bits per heavy atom. The van der Waals surface area contributed by atoms with Crippen LogP contribution in [-0.2, 0) is 4.79 Å². The minimum atomic E-state index is -0.216. The molecule has 1 heterocycles. The molecule has 30 heavy (non-hydrogen) atoms. The van der Waals surface area contributed by atoms with Gasteiger partial charge >= 0.3 is 0 Å². The molecule has 0 radical (unpaired) electrons. The summed E-state index contributed by atoms with van der Waals surface area (Å²) in [6.45, 7) is 7.68. The first kappa shape index (κ1) is 21.3. The van der Waals surface area contributed by atoms with Crippen molar-refractivity contribution >= 4 is 11.7 Å². The maximum Gasteiger partial charge on any atom is 0.225 e. The molecule has 0 saturated carbocycles. The van der Waals surface area contributed by atoms with E-state index in [1.807, 2.05) is 51.1 Å². The van der Waals surface area contributed by atoms with Gasteiger partial charge in [-0.3, -0.25) is 9.59 Å². The van der Waals surface area contributed by atoms with E-state index in [1.54, 1.807) is 30.8 Å². The molecule has 1 aromatic heterocycles. The van der Waals surface area contributed by atoms with Gasteiger partial charge in [-0.1, -0.05) is 25.1 Å². The van der Waals surface area contributed by atoms with E-state index < -0.39 is 0 Å². The van der Waals surface area contributed by atoms with Crippen LogP contribution in [-0.4, -0.2) is 22.8 Å². The van der Waals surface area contributed by atoms with Gasteiger partial charge in [0.1, 0.15) is 17.3 Å². The average molecular weight is 405 g/mol. The summed E-state index contributed by atoms with van der Waals surface area (Å²) in [4.78, 5) is 25.7. The molecule has 2 aromatic carbocycles. The van der Waals surface area contributed by atoms with Crippen LogP contribution in [0.15, 0.2) is 47.3 Å². The number of hydrogen-bond acceptors (Lipinski definition) is 4. The third-order valence-corrected chi connectivity index (χ3v) is 5.10. The van der Waals surface area contributed by atoms with E-state index in [4.69, 9.17) is 4.74 Å². The van der Waals surface area contributed by atoms with Crippen molar-refractivity contribution in [1.29, 1.82) is 0 Å². The van der Waals surface area contributed by atoms with Crippen molar-refractivity contribution < 1.29 is 9.53 Å². The molecule has 0 aliphatic heterocycles. The van der Waals surface area contributed by atoms with Crippen LogP contribution in [0.2, 0.25) is 0 Å². The first-order valence-electron chi connectivity index (χ1n) is 10.0. The molecule has 1 amide bonds. The minimum absolute atomic E-state index is 0.158. The molecule has 6 heteroatoms. The summed E-state index contributed by atoms with van der Waals surface area (Å²) in [5.41, 5.74) is 4.27. The number of ether oxygens (including phenoxy) is 1. The summed E-state index contributed by atoms with van der Waals surface area (Å²) in [6, 6.07) is 13.2. The summed E-state index contributed by atoms with van der Waals surface area (Å²) in [6.07, 6.45) is 1.06. The topological polar surface area (TPSA) is 73.2 Å². The van der Waals surface area contributed by atoms with Crippen LogP contribution in [0.4, 0.5) is 5.82 Å². The lowest BCUT2D eigenvalue weighted by molar-refractivity contribution is -0.116. The number of carbonyl (C=O) groups excluding carboxylic acids is 1. The van der Waals surface area contributed by atoms with E-state index in [1.165, 1.54) is 0 Å². The van der Waals surface area contributed by atoms with Crippen LogP contribution in [0.3, 0.4) is 0 Å². The molecule has 0 atom stereocenters. The number of methoxy groups -OCH3 is 1. The molecule has 0 spiro atoms. The molecular formula is C24H27N3O3. The van der Waals surface area contributed by atoms with E-state index >= 15 is 0 Å². The Bertz CT molecular complexity index is 1130. The summed E-state index contributed by atoms with van der Waals surface area (Å²) >= 11 is 0. The van der Waals surface area contributed by atoms with Gasteiger partial charge in [-0.25, -0.2) is 4.68 Å². The number of nitrogens with one attached hydrogen (secondary N) is 1. The molecule has 3 aromatic rings. The van der Waals surface area contributed by atoms with Crippen LogP contribution < -0.4 is 15.5 Å². The second kappa shape index (κ2) is 8.95. The van der Waals surface area contributed by atoms with Gasteiger partial charge < -0.3 is 10.1 Å². The number of amides is 1. The molecule has 0 aliphatic rings. The Hall–Kier alpha value is -3.41. The van der Waals surface area contributed by atoms with Crippen molar-refractivity contribution in [2.75, 3.05) is 12.4 Å². The molecule has 6 nitrogen and oxygen atoms in total. The van der Waals surface area contributed by atoms with E-state index in [0.717, 1.165) is 16.8 Å². The zero-order valence-corrected chi connectivity index (χ0v) is 18.1. The maximum absolute atomic E-state index is 13.1. The number of hydrogen-bond donors (Lipinski definition) is 1. The predicted octanol–water partition coefficient (Wildman–Crippen LogP) is 4.57. The number of rotatable bonds is 6. The van der Waals surface area contributed by atoms with Gasteiger partial charge in [0.2, 0.25) is 11.3 Å². The molecule has 0 saturated heterocycles. The molecule has 0 unspecified atom stereocenters. The van der Waals surface area contributed by atoms with E-state index in [2.05, 4.69) is 10.4 Å². The standard InChI is InChI=1S/C24H27N3O3/c1-6-7-21(28)25-24-22(18-9-12-20(30-5)13-10-18)23(29)17(4)26-27(24)19-11-8-15(2)16(3)14-19/h8-14H,6-7H2,1-5H3,(H,25,28). The Balaban J connectivity index is 2.30. The largest absolute Gasteiger partial charge is 0.497 e. The lowest BCUT2D eigenvalue weighted by Gasteiger charge is -2.19. The zero-order chi connectivity index (χ0) is 21.8. The second-order valence-corrected chi connectivity index (χ2v) is 7.35. The van der Waals surface area contributed by atoms with Crippen molar-refractivity contribution in [1.82, 2.24) is 9.78 Å². The first-order valence-corrected chi connectivity index (χ1v) is 10.0. The highest BCUT2D eigenvalue weighted by Gasteiger charge is 2.20. The Morgan fingerprint density at radius 1 is 1.07 bits per heavy atom. The van der Waals surface area contributed by atoms with Crippen molar-refractivity contribution in [2.24, 2.45) is 0 Å². The molecular weight excluding hydrogens is 378 g/mol. The van der Waals surface area contributed by atoms with Gasteiger partial charge in [0, 0.05) is 6.42 Å². The average Bonchev–Trinajstić information content (AvgIpc) is 2.73. The fourth-order valence-corrected chi connectivity index (χ4v) is 3.25. The van der Waals surface area contributed by atoms with Crippen LogP contribution in [0.25, 0.3) is 16.8 Å². The van der Waals surface area contributed by atoms with Gasteiger partial charge in [0.05, 0.1) is 18.4 Å². The Morgan fingerprint density at radius 3 is 2.37 bits per heavy atom. The number of aromatic nitrogens is 2. The van der Waals surface area contributed by atoms with Crippen molar-refractivity contribution in [3.05, 3.63) is 69.5 Å². The van der Waals surface area contributed by atoms with Gasteiger partial charge in [-0.15, -0.1) is 0 Å². The number of carbonyl (C=O) groups is 1. The molecule has 0 aliphatic carbocycles. The zero-order valence-electron chi connectivity index (χ0n) is 18.1. The highest BCUT2D eigenvalue weighted by molar-refractivity contribution is 5.94. The lowest BCUT2D eigenvalue weighted by Crippen LogP contribution is -2.24. The summed E-state index contributed by atoms with van der Waals surface area (Å²) < 4.78 is 6.89. The minimum Gasteiger partial charge on any atom is -0.497 e. The van der Waals surface area contributed by atoms with Gasteiger partial charge in [-0.2, -0.15) is 5.10 Å². The lowest BCUT2D eigenvalue weighted by atomic mass is 10.0. The molecule has 1 N–H and O–H groups in total. The third kappa shape index (κ3) is 4.27. The number of nitrogens with zero attached hydrogens (tertiary/aromatic N) is 2. The van der Waals surface area contributed by atoms with E-state index in [9.17, 15) is 9.59 Å². The molecule has 3 rings (SSSR count). The third-order valence-electron chi connectivity index (χ3n) is 5.10. The first-order chi connectivity index (χ1) is 14.3. The van der Waals surface area contributed by atoms with Crippen LogP contribution in [0, 0.1) is 20.8 Å². The van der Waals surface area contributed by atoms with Crippen LogP contribution in [0.1, 0.15) is 36.6 Å². The van der Waals surface area contributed by atoms with E-state index in [0.29, 0.717) is 41.2 Å².